The molecule has 0 aliphatic heterocycles. The molecule has 1 aromatic heterocycles. The average Bonchev–Trinajstić information content (AvgIpc) is 2.93. The van der Waals surface area contributed by atoms with Crippen LogP contribution in [0.5, 0.6) is 5.75 Å². The Morgan fingerprint density at radius 1 is 1.48 bits per heavy atom. The number of hydrogen-bond acceptors (Lipinski definition) is 7. The monoisotopic (exact) mass is 328 g/mol. The van der Waals surface area contributed by atoms with Gasteiger partial charge >= 0.3 is 0 Å². The molecule has 1 amide bonds. The van der Waals surface area contributed by atoms with Gasteiger partial charge in [0.25, 0.3) is 5.91 Å². The van der Waals surface area contributed by atoms with Gasteiger partial charge in [-0.05, 0) is 36.7 Å². The fourth-order valence-electron chi connectivity index (χ4n) is 1.54. The van der Waals surface area contributed by atoms with Crippen LogP contribution in [-0.2, 0) is 10.0 Å². The predicted octanol–water partition coefficient (Wildman–Crippen LogP) is 0.837. The van der Waals surface area contributed by atoms with Gasteiger partial charge in [-0.3, -0.25) is 4.79 Å². The number of primary sulfonamides is 1. The maximum Gasteiger partial charge on any atom is 0.277 e. The minimum absolute atomic E-state index is 0.133. The average molecular weight is 328 g/mol. The van der Waals surface area contributed by atoms with Crippen molar-refractivity contribution in [2.75, 3.05) is 11.9 Å². The summed E-state index contributed by atoms with van der Waals surface area (Å²) in [5, 5.41) is 12.8. The molecule has 0 aliphatic rings. The number of carbonyl (C=O) groups excluding carboxylic acids is 1. The SMILES string of the molecule is CCOc1ccc(NC(=O)c2csnn2)cc1S(N)(=O)=O. The lowest BCUT2D eigenvalue weighted by molar-refractivity contribution is 0.102. The van der Waals surface area contributed by atoms with Gasteiger partial charge in [0.1, 0.15) is 10.6 Å². The summed E-state index contributed by atoms with van der Waals surface area (Å²) in [5.74, 6) is -0.360. The van der Waals surface area contributed by atoms with Crippen molar-refractivity contribution >= 4 is 33.2 Å². The fraction of sp³-hybridized carbons (Fsp3) is 0.182. The standard InChI is InChI=1S/C11H12N4O4S2/c1-2-19-9-4-3-7(5-10(9)21(12,17)18)13-11(16)8-6-20-15-14-8/h3-6H,2H2,1H3,(H,13,16)(H2,12,17,18). The van der Waals surface area contributed by atoms with Crippen molar-refractivity contribution in [3.05, 3.63) is 29.3 Å². The second-order valence-corrected chi connectivity index (χ2v) is 6.02. The first-order chi connectivity index (χ1) is 9.91. The largest absolute Gasteiger partial charge is 0.492 e. The quantitative estimate of drug-likeness (QED) is 0.838. The number of carbonyl (C=O) groups is 1. The first-order valence-electron chi connectivity index (χ1n) is 5.80. The summed E-state index contributed by atoms with van der Waals surface area (Å²) in [4.78, 5) is 11.6. The fourth-order valence-corrected chi connectivity index (χ4v) is 2.68. The molecule has 0 radical (unpaired) electrons. The van der Waals surface area contributed by atoms with Gasteiger partial charge in [-0.2, -0.15) is 0 Å². The van der Waals surface area contributed by atoms with Gasteiger partial charge in [0, 0.05) is 11.1 Å². The molecule has 0 fully saturated rings. The van der Waals surface area contributed by atoms with Crippen LogP contribution in [0.1, 0.15) is 17.4 Å². The molecule has 2 rings (SSSR count). The summed E-state index contributed by atoms with van der Waals surface area (Å²) in [6.07, 6.45) is 0. The molecule has 0 unspecified atom stereocenters. The highest BCUT2D eigenvalue weighted by atomic mass is 32.2. The molecule has 0 aliphatic carbocycles. The highest BCUT2D eigenvalue weighted by Crippen LogP contribution is 2.26. The van der Waals surface area contributed by atoms with Crippen molar-refractivity contribution in [3.8, 4) is 5.75 Å². The van der Waals surface area contributed by atoms with Crippen LogP contribution in [0.4, 0.5) is 5.69 Å². The number of ether oxygens (including phenoxy) is 1. The summed E-state index contributed by atoms with van der Waals surface area (Å²) in [7, 11) is -3.97. The lowest BCUT2D eigenvalue weighted by Crippen LogP contribution is -2.16. The van der Waals surface area contributed by atoms with Crippen LogP contribution in [0.15, 0.2) is 28.5 Å². The lowest BCUT2D eigenvalue weighted by atomic mass is 10.3. The van der Waals surface area contributed by atoms with E-state index in [1.54, 1.807) is 6.92 Å². The van der Waals surface area contributed by atoms with E-state index in [1.807, 2.05) is 0 Å². The van der Waals surface area contributed by atoms with Crippen LogP contribution in [0.2, 0.25) is 0 Å². The van der Waals surface area contributed by atoms with Crippen molar-refractivity contribution < 1.29 is 17.9 Å². The second-order valence-electron chi connectivity index (χ2n) is 3.88. The Morgan fingerprint density at radius 2 is 2.24 bits per heavy atom. The van der Waals surface area contributed by atoms with Gasteiger partial charge in [-0.25, -0.2) is 13.6 Å². The molecule has 21 heavy (non-hydrogen) atoms. The Hall–Kier alpha value is -2.04. The van der Waals surface area contributed by atoms with E-state index in [0.717, 1.165) is 11.5 Å². The van der Waals surface area contributed by atoms with Crippen molar-refractivity contribution in [3.63, 3.8) is 0 Å². The van der Waals surface area contributed by atoms with Crippen LogP contribution >= 0.6 is 11.5 Å². The van der Waals surface area contributed by atoms with Crippen LogP contribution in [0.3, 0.4) is 0 Å². The number of rotatable bonds is 5. The van der Waals surface area contributed by atoms with E-state index in [4.69, 9.17) is 9.88 Å². The molecule has 8 nitrogen and oxygen atoms in total. The minimum atomic E-state index is -3.97. The first kappa shape index (κ1) is 15.4. The highest BCUT2D eigenvalue weighted by Gasteiger charge is 2.17. The molecule has 0 atom stereocenters. The van der Waals surface area contributed by atoms with Crippen molar-refractivity contribution in [2.24, 2.45) is 5.14 Å². The summed E-state index contributed by atoms with van der Waals surface area (Å²) in [5.41, 5.74) is 0.409. The Bertz CT molecular complexity index is 744. The molecule has 0 spiro atoms. The molecule has 1 heterocycles. The summed E-state index contributed by atoms with van der Waals surface area (Å²) < 4.78 is 31.9. The van der Waals surface area contributed by atoms with Crippen LogP contribution < -0.4 is 15.2 Å². The molecule has 1 aromatic carbocycles. The molecule has 0 saturated carbocycles. The molecular weight excluding hydrogens is 316 g/mol. The van der Waals surface area contributed by atoms with Gasteiger partial charge < -0.3 is 10.1 Å². The Balaban J connectivity index is 2.32. The molecule has 10 heteroatoms. The third-order valence-electron chi connectivity index (χ3n) is 2.40. The third kappa shape index (κ3) is 3.74. The van der Waals surface area contributed by atoms with E-state index in [9.17, 15) is 13.2 Å². The number of nitrogens with one attached hydrogen (secondary N) is 1. The summed E-state index contributed by atoms with van der Waals surface area (Å²) >= 11 is 1.04. The van der Waals surface area contributed by atoms with Gasteiger partial charge in [0.2, 0.25) is 10.0 Å². The van der Waals surface area contributed by atoms with E-state index < -0.39 is 15.9 Å². The molecule has 112 valence electrons. The first-order valence-corrected chi connectivity index (χ1v) is 8.18. The van der Waals surface area contributed by atoms with Crippen molar-refractivity contribution in [2.45, 2.75) is 11.8 Å². The molecular formula is C11H12N4O4S2. The number of sulfonamides is 1. The smallest absolute Gasteiger partial charge is 0.277 e. The van der Waals surface area contributed by atoms with E-state index in [-0.39, 0.29) is 22.0 Å². The zero-order valence-corrected chi connectivity index (χ0v) is 12.6. The highest BCUT2D eigenvalue weighted by molar-refractivity contribution is 7.89. The van der Waals surface area contributed by atoms with E-state index in [2.05, 4.69) is 14.9 Å². The van der Waals surface area contributed by atoms with E-state index in [0.29, 0.717) is 6.61 Å². The van der Waals surface area contributed by atoms with E-state index >= 15 is 0 Å². The molecule has 0 bridgehead atoms. The lowest BCUT2D eigenvalue weighted by Gasteiger charge is -2.11. The zero-order chi connectivity index (χ0) is 15.5. The van der Waals surface area contributed by atoms with Gasteiger partial charge in [0.05, 0.1) is 6.61 Å². The maximum atomic E-state index is 11.8. The Kier molecular flexibility index (Phi) is 4.50. The van der Waals surface area contributed by atoms with Crippen molar-refractivity contribution in [1.29, 1.82) is 0 Å². The number of nitrogens with two attached hydrogens (primary N) is 1. The Morgan fingerprint density at radius 3 is 2.81 bits per heavy atom. The predicted molar refractivity (Wildman–Crippen MR) is 76.8 cm³/mol. The molecule has 2 aromatic rings. The maximum absolute atomic E-state index is 11.8. The van der Waals surface area contributed by atoms with E-state index in [1.165, 1.54) is 23.6 Å². The zero-order valence-electron chi connectivity index (χ0n) is 10.9. The number of amides is 1. The number of aromatic nitrogens is 2. The molecule has 0 saturated heterocycles. The van der Waals surface area contributed by atoms with Gasteiger partial charge in [-0.15, -0.1) is 5.10 Å². The topological polar surface area (TPSA) is 124 Å². The van der Waals surface area contributed by atoms with Crippen LogP contribution in [0, 0.1) is 0 Å². The molecule has 3 N–H and O–H groups in total. The normalized spacial score (nSPS) is 11.1. The van der Waals surface area contributed by atoms with Gasteiger partial charge in [0.15, 0.2) is 5.69 Å². The number of hydrogen-bond donors (Lipinski definition) is 2. The van der Waals surface area contributed by atoms with Crippen LogP contribution in [0.25, 0.3) is 0 Å². The number of benzene rings is 1. The van der Waals surface area contributed by atoms with Gasteiger partial charge in [-0.1, -0.05) is 4.49 Å². The number of nitrogens with zero attached hydrogens (tertiary/aromatic N) is 2. The summed E-state index contributed by atoms with van der Waals surface area (Å²) in [6, 6.07) is 4.17. The van der Waals surface area contributed by atoms with Crippen LogP contribution in [-0.4, -0.2) is 30.5 Å². The second kappa shape index (κ2) is 6.16. The third-order valence-corrected chi connectivity index (χ3v) is 3.84. The number of anilines is 1. The van der Waals surface area contributed by atoms with Crippen molar-refractivity contribution in [1.82, 2.24) is 9.59 Å². The Labute approximate surface area is 125 Å². The summed E-state index contributed by atoms with van der Waals surface area (Å²) in [6.45, 7) is 2.01. The minimum Gasteiger partial charge on any atom is -0.492 e.